The van der Waals surface area contributed by atoms with Crippen LogP contribution in [0, 0.1) is 17.3 Å². The van der Waals surface area contributed by atoms with Crippen LogP contribution in [0.5, 0.6) is 0 Å². The fourth-order valence-corrected chi connectivity index (χ4v) is 3.78. The van der Waals surface area contributed by atoms with E-state index < -0.39 is 17.5 Å². The van der Waals surface area contributed by atoms with Crippen LogP contribution in [0.1, 0.15) is 51.9 Å². The smallest absolute Gasteiger partial charge is 0.310 e. The molecule has 0 spiro atoms. The number of hydrogen-bond donors (Lipinski definition) is 2. The lowest BCUT2D eigenvalue weighted by molar-refractivity contribution is -0.157. The Morgan fingerprint density at radius 3 is 2.44 bits per heavy atom. The van der Waals surface area contributed by atoms with Crippen LogP contribution in [0.4, 0.5) is 0 Å². The van der Waals surface area contributed by atoms with Gasteiger partial charge in [-0.05, 0) is 38.0 Å². The van der Waals surface area contributed by atoms with Crippen molar-refractivity contribution in [2.24, 2.45) is 17.3 Å². The van der Waals surface area contributed by atoms with Gasteiger partial charge in [-0.25, -0.2) is 0 Å². The zero-order chi connectivity index (χ0) is 11.8. The molecule has 0 aromatic heterocycles. The Bertz CT molecular complexity index is 276. The molecule has 2 rings (SSSR count). The van der Waals surface area contributed by atoms with E-state index in [1.807, 2.05) is 0 Å². The normalized spacial score (nSPS) is 44.5. The molecule has 0 aromatic carbocycles. The van der Waals surface area contributed by atoms with E-state index >= 15 is 0 Å². The van der Waals surface area contributed by atoms with Gasteiger partial charge in [-0.3, -0.25) is 4.79 Å². The minimum Gasteiger partial charge on any atom is -0.481 e. The van der Waals surface area contributed by atoms with Crippen molar-refractivity contribution in [3.05, 3.63) is 0 Å². The maximum absolute atomic E-state index is 11.6. The highest BCUT2D eigenvalue weighted by Gasteiger charge is 2.52. The molecule has 0 radical (unpaired) electrons. The summed E-state index contributed by atoms with van der Waals surface area (Å²) in [6.07, 6.45) is 5.91. The van der Waals surface area contributed by atoms with Gasteiger partial charge in [0, 0.05) is 5.92 Å². The molecular weight excluding hydrogens is 204 g/mol. The van der Waals surface area contributed by atoms with E-state index in [9.17, 15) is 15.0 Å². The van der Waals surface area contributed by atoms with Crippen molar-refractivity contribution in [3.8, 4) is 0 Å². The van der Waals surface area contributed by atoms with Crippen molar-refractivity contribution >= 4 is 5.97 Å². The van der Waals surface area contributed by atoms with Gasteiger partial charge in [0.05, 0.1) is 11.5 Å². The van der Waals surface area contributed by atoms with Gasteiger partial charge in [-0.15, -0.1) is 0 Å². The van der Waals surface area contributed by atoms with E-state index in [1.165, 1.54) is 0 Å². The topological polar surface area (TPSA) is 57.5 Å². The predicted octanol–water partition coefficient (Wildman–Crippen LogP) is 2.43. The fraction of sp³-hybridized carbons (Fsp3) is 0.923. The van der Waals surface area contributed by atoms with Crippen molar-refractivity contribution in [1.82, 2.24) is 0 Å². The van der Waals surface area contributed by atoms with Crippen LogP contribution in [0.15, 0.2) is 0 Å². The summed E-state index contributed by atoms with van der Waals surface area (Å²) in [5.41, 5.74) is -0.626. The lowest BCUT2D eigenvalue weighted by Crippen LogP contribution is -2.44. The molecule has 4 unspecified atom stereocenters. The lowest BCUT2D eigenvalue weighted by atomic mass is 9.66. The second-order valence-electron chi connectivity index (χ2n) is 5.77. The molecule has 0 saturated heterocycles. The Labute approximate surface area is 96.9 Å². The maximum Gasteiger partial charge on any atom is 0.310 e. The Morgan fingerprint density at radius 2 is 1.94 bits per heavy atom. The Hall–Kier alpha value is -0.570. The highest BCUT2D eigenvalue weighted by atomic mass is 16.4. The summed E-state index contributed by atoms with van der Waals surface area (Å²) < 4.78 is 0. The van der Waals surface area contributed by atoms with Gasteiger partial charge >= 0.3 is 5.97 Å². The lowest BCUT2D eigenvalue weighted by Gasteiger charge is -2.39. The summed E-state index contributed by atoms with van der Waals surface area (Å²) >= 11 is 0. The molecule has 2 aliphatic rings. The van der Waals surface area contributed by atoms with Gasteiger partial charge in [0.15, 0.2) is 0 Å². The third-order valence-electron chi connectivity index (χ3n) is 4.66. The molecule has 92 valence electrons. The first-order valence-electron chi connectivity index (χ1n) is 6.48. The third-order valence-corrected chi connectivity index (χ3v) is 4.66. The molecule has 3 heteroatoms. The van der Waals surface area contributed by atoms with Crippen molar-refractivity contribution in [3.63, 3.8) is 0 Å². The Morgan fingerprint density at radius 1 is 1.25 bits per heavy atom. The summed E-state index contributed by atoms with van der Waals surface area (Å²) in [7, 11) is 0. The van der Waals surface area contributed by atoms with E-state index in [4.69, 9.17) is 0 Å². The standard InChI is InChI=1S/C13H22O3/c1-9-6-7-13(8-9,12(15)16)10-4-2-3-5-11(10)14/h9-11,14H,2-8H2,1H3,(H,15,16). The number of carboxylic acids is 1. The molecule has 0 bridgehead atoms. The van der Waals surface area contributed by atoms with Gasteiger partial charge in [0.2, 0.25) is 0 Å². The van der Waals surface area contributed by atoms with Crippen LogP contribution < -0.4 is 0 Å². The molecule has 0 aliphatic heterocycles. The first-order valence-corrected chi connectivity index (χ1v) is 6.48. The average Bonchev–Trinajstić information content (AvgIpc) is 2.62. The molecule has 4 atom stereocenters. The number of aliphatic hydroxyl groups excluding tert-OH is 1. The highest BCUT2D eigenvalue weighted by Crippen LogP contribution is 2.51. The van der Waals surface area contributed by atoms with Crippen LogP contribution in [0.2, 0.25) is 0 Å². The number of carbonyl (C=O) groups is 1. The van der Waals surface area contributed by atoms with Gasteiger partial charge in [-0.2, -0.15) is 0 Å². The second-order valence-corrected chi connectivity index (χ2v) is 5.77. The molecular formula is C13H22O3. The zero-order valence-corrected chi connectivity index (χ0v) is 9.98. The molecule has 2 aliphatic carbocycles. The van der Waals surface area contributed by atoms with Gasteiger partial charge < -0.3 is 10.2 Å². The molecule has 2 saturated carbocycles. The SMILES string of the molecule is CC1CCC(C(=O)O)(C2CCCCC2O)C1. The molecule has 16 heavy (non-hydrogen) atoms. The third kappa shape index (κ3) is 1.86. The van der Waals surface area contributed by atoms with E-state index in [1.54, 1.807) is 0 Å². The Balaban J connectivity index is 2.21. The summed E-state index contributed by atoms with van der Waals surface area (Å²) in [5.74, 6) is -0.197. The number of hydrogen-bond acceptors (Lipinski definition) is 2. The molecule has 0 amide bonds. The largest absolute Gasteiger partial charge is 0.481 e. The molecule has 0 heterocycles. The van der Waals surface area contributed by atoms with Gasteiger partial charge in [0.1, 0.15) is 0 Å². The number of carboxylic acid groups (broad SMARTS) is 1. The van der Waals surface area contributed by atoms with Crippen molar-refractivity contribution in [1.29, 1.82) is 0 Å². The molecule has 2 N–H and O–H groups in total. The van der Waals surface area contributed by atoms with Crippen LogP contribution in [0.25, 0.3) is 0 Å². The summed E-state index contributed by atoms with van der Waals surface area (Å²) in [6, 6.07) is 0. The Kier molecular flexibility index (Phi) is 3.24. The predicted molar refractivity (Wildman–Crippen MR) is 61.0 cm³/mol. The van der Waals surface area contributed by atoms with Crippen molar-refractivity contribution in [2.45, 2.75) is 58.0 Å². The number of rotatable bonds is 2. The number of aliphatic hydroxyl groups is 1. The quantitative estimate of drug-likeness (QED) is 0.760. The summed E-state index contributed by atoms with van der Waals surface area (Å²) in [6.45, 7) is 2.12. The first kappa shape index (κ1) is 11.9. The van der Waals surface area contributed by atoms with E-state index in [2.05, 4.69) is 6.92 Å². The summed E-state index contributed by atoms with van der Waals surface area (Å²) in [5, 5.41) is 19.6. The summed E-state index contributed by atoms with van der Waals surface area (Å²) in [4.78, 5) is 11.6. The number of aliphatic carboxylic acids is 1. The fourth-order valence-electron chi connectivity index (χ4n) is 3.78. The van der Waals surface area contributed by atoms with E-state index in [-0.39, 0.29) is 5.92 Å². The van der Waals surface area contributed by atoms with Gasteiger partial charge in [-0.1, -0.05) is 19.8 Å². The van der Waals surface area contributed by atoms with Crippen LogP contribution >= 0.6 is 0 Å². The maximum atomic E-state index is 11.6. The zero-order valence-electron chi connectivity index (χ0n) is 9.98. The minimum absolute atomic E-state index is 0.0105. The first-order chi connectivity index (χ1) is 7.56. The monoisotopic (exact) mass is 226 g/mol. The van der Waals surface area contributed by atoms with Crippen LogP contribution in [-0.2, 0) is 4.79 Å². The molecule has 2 fully saturated rings. The highest BCUT2D eigenvalue weighted by molar-refractivity contribution is 5.75. The average molecular weight is 226 g/mol. The van der Waals surface area contributed by atoms with Crippen LogP contribution in [0.3, 0.4) is 0 Å². The molecule has 0 aromatic rings. The van der Waals surface area contributed by atoms with Crippen LogP contribution in [-0.4, -0.2) is 22.3 Å². The minimum atomic E-state index is -0.678. The molecule has 3 nitrogen and oxygen atoms in total. The van der Waals surface area contributed by atoms with E-state index in [0.29, 0.717) is 5.92 Å². The van der Waals surface area contributed by atoms with Crippen molar-refractivity contribution < 1.29 is 15.0 Å². The van der Waals surface area contributed by atoms with E-state index in [0.717, 1.165) is 44.9 Å². The van der Waals surface area contributed by atoms with Crippen molar-refractivity contribution in [2.75, 3.05) is 0 Å². The van der Waals surface area contributed by atoms with Gasteiger partial charge in [0.25, 0.3) is 0 Å². The second kappa shape index (κ2) is 4.36.